The van der Waals surface area contributed by atoms with Gasteiger partial charge in [-0.2, -0.15) is 0 Å². The fraction of sp³-hybridized carbons (Fsp3) is 0.231. The number of aromatic nitrogens is 2. The number of hydrogen-bond donors (Lipinski definition) is 0. The van der Waals surface area contributed by atoms with E-state index in [0.29, 0.717) is 17.4 Å². The first-order chi connectivity index (χ1) is 8.63. The maximum Gasteiger partial charge on any atom is 0.133 e. The molecule has 1 saturated carbocycles. The highest BCUT2D eigenvalue weighted by Crippen LogP contribution is 2.39. The molecule has 0 spiro atoms. The molecule has 0 radical (unpaired) electrons. The van der Waals surface area contributed by atoms with E-state index in [4.69, 9.17) is 11.6 Å². The molecular formula is C13H9ClF2N2. The second-order valence-electron chi connectivity index (χ2n) is 4.33. The summed E-state index contributed by atoms with van der Waals surface area (Å²) in [6.07, 6.45) is 2.04. The van der Waals surface area contributed by atoms with Gasteiger partial charge in [0.15, 0.2) is 0 Å². The number of nitrogens with zero attached hydrogens (tertiary/aromatic N) is 2. The van der Waals surface area contributed by atoms with Crippen molar-refractivity contribution < 1.29 is 8.78 Å². The second-order valence-corrected chi connectivity index (χ2v) is 4.72. The van der Waals surface area contributed by atoms with E-state index in [-0.39, 0.29) is 10.7 Å². The fourth-order valence-corrected chi connectivity index (χ4v) is 1.98. The van der Waals surface area contributed by atoms with Crippen LogP contribution in [0.25, 0.3) is 11.3 Å². The fourth-order valence-electron chi connectivity index (χ4n) is 1.79. The molecule has 0 bridgehead atoms. The quantitative estimate of drug-likeness (QED) is 0.769. The van der Waals surface area contributed by atoms with Crippen molar-refractivity contribution in [3.8, 4) is 11.3 Å². The van der Waals surface area contributed by atoms with Crippen molar-refractivity contribution in [1.82, 2.24) is 9.97 Å². The monoisotopic (exact) mass is 266 g/mol. The molecule has 1 aliphatic carbocycles. The van der Waals surface area contributed by atoms with Crippen LogP contribution < -0.4 is 0 Å². The highest BCUT2D eigenvalue weighted by Gasteiger charge is 2.27. The number of rotatable bonds is 2. The predicted octanol–water partition coefficient (Wildman–Crippen LogP) is 3.95. The van der Waals surface area contributed by atoms with E-state index in [1.165, 1.54) is 6.07 Å². The molecule has 0 atom stereocenters. The summed E-state index contributed by atoms with van der Waals surface area (Å²) in [7, 11) is 0. The van der Waals surface area contributed by atoms with Gasteiger partial charge in [-0.1, -0.05) is 11.6 Å². The lowest BCUT2D eigenvalue weighted by Gasteiger charge is -2.06. The molecule has 92 valence electrons. The summed E-state index contributed by atoms with van der Waals surface area (Å²) in [4.78, 5) is 8.38. The summed E-state index contributed by atoms with van der Waals surface area (Å²) in [6, 6.07) is 4.72. The molecule has 0 amide bonds. The van der Waals surface area contributed by atoms with Crippen LogP contribution in [0.3, 0.4) is 0 Å². The van der Waals surface area contributed by atoms with Crippen molar-refractivity contribution in [1.29, 1.82) is 0 Å². The van der Waals surface area contributed by atoms with E-state index in [1.807, 2.05) is 0 Å². The van der Waals surface area contributed by atoms with Crippen LogP contribution in [0.15, 0.2) is 24.3 Å². The zero-order valence-electron chi connectivity index (χ0n) is 9.33. The lowest BCUT2D eigenvalue weighted by molar-refractivity contribution is 0.602. The largest absolute Gasteiger partial charge is 0.232 e. The average Bonchev–Trinajstić information content (AvgIpc) is 3.15. The summed E-state index contributed by atoms with van der Waals surface area (Å²) in [5.74, 6) is -0.109. The Morgan fingerprint density at radius 3 is 2.61 bits per heavy atom. The zero-order valence-corrected chi connectivity index (χ0v) is 10.1. The Hall–Kier alpha value is -1.55. The summed E-state index contributed by atoms with van der Waals surface area (Å²) >= 11 is 5.90. The first-order valence-corrected chi connectivity index (χ1v) is 6.01. The molecule has 0 N–H and O–H groups in total. The standard InChI is InChI=1S/C13H9ClF2N2/c14-12-6-11(17-13(18-12)7-1-2-7)9-5-8(15)3-4-10(9)16/h3-7H,1-2H2. The van der Waals surface area contributed by atoms with Crippen LogP contribution in [0, 0.1) is 11.6 Å². The lowest BCUT2D eigenvalue weighted by atomic mass is 10.1. The van der Waals surface area contributed by atoms with Crippen molar-refractivity contribution >= 4 is 11.6 Å². The van der Waals surface area contributed by atoms with Gasteiger partial charge in [0.1, 0.15) is 22.6 Å². The van der Waals surface area contributed by atoms with Crippen molar-refractivity contribution in [2.24, 2.45) is 0 Å². The molecular weight excluding hydrogens is 258 g/mol. The van der Waals surface area contributed by atoms with E-state index >= 15 is 0 Å². The van der Waals surface area contributed by atoms with Gasteiger partial charge in [-0.05, 0) is 31.0 Å². The van der Waals surface area contributed by atoms with Gasteiger partial charge in [0.05, 0.1) is 5.69 Å². The van der Waals surface area contributed by atoms with Crippen LogP contribution in [0.4, 0.5) is 8.78 Å². The first kappa shape index (κ1) is 11.5. The molecule has 0 unspecified atom stereocenters. The van der Waals surface area contributed by atoms with Crippen LogP contribution in [-0.2, 0) is 0 Å². The van der Waals surface area contributed by atoms with Gasteiger partial charge >= 0.3 is 0 Å². The molecule has 1 fully saturated rings. The highest BCUT2D eigenvalue weighted by molar-refractivity contribution is 6.29. The molecule has 5 heteroatoms. The van der Waals surface area contributed by atoms with Crippen molar-refractivity contribution in [3.63, 3.8) is 0 Å². The Morgan fingerprint density at radius 1 is 1.11 bits per heavy atom. The van der Waals surface area contributed by atoms with Gasteiger partial charge in [0, 0.05) is 17.5 Å². The minimum Gasteiger partial charge on any atom is -0.232 e. The van der Waals surface area contributed by atoms with Crippen LogP contribution in [-0.4, -0.2) is 9.97 Å². The van der Waals surface area contributed by atoms with Gasteiger partial charge < -0.3 is 0 Å². The molecule has 1 aliphatic rings. The Bertz CT molecular complexity index is 612. The van der Waals surface area contributed by atoms with Crippen LogP contribution in [0.2, 0.25) is 5.15 Å². The third-order valence-electron chi connectivity index (χ3n) is 2.86. The van der Waals surface area contributed by atoms with Crippen LogP contribution in [0.5, 0.6) is 0 Å². The van der Waals surface area contributed by atoms with Crippen molar-refractivity contribution in [2.45, 2.75) is 18.8 Å². The normalized spacial score (nSPS) is 14.8. The molecule has 1 aromatic heterocycles. The van der Waals surface area contributed by atoms with Crippen LogP contribution in [0.1, 0.15) is 24.6 Å². The smallest absolute Gasteiger partial charge is 0.133 e. The molecule has 2 aromatic rings. The maximum atomic E-state index is 13.7. The molecule has 1 heterocycles. The molecule has 1 aromatic carbocycles. The minimum atomic E-state index is -0.520. The van der Waals surface area contributed by atoms with Crippen LogP contribution >= 0.6 is 11.6 Å². The topological polar surface area (TPSA) is 25.8 Å². The second kappa shape index (κ2) is 4.28. The van der Waals surface area contributed by atoms with E-state index < -0.39 is 11.6 Å². The average molecular weight is 267 g/mol. The summed E-state index contributed by atoms with van der Waals surface area (Å²) in [5, 5.41) is 0.255. The molecule has 0 saturated heterocycles. The molecule has 3 rings (SSSR count). The molecule has 0 aliphatic heterocycles. The SMILES string of the molecule is Fc1ccc(F)c(-c2cc(Cl)nc(C3CC3)n2)c1. The molecule has 2 nitrogen and oxygen atoms in total. The third kappa shape index (κ3) is 2.20. The lowest BCUT2D eigenvalue weighted by Crippen LogP contribution is -1.97. The van der Waals surface area contributed by atoms with E-state index in [2.05, 4.69) is 9.97 Å². The Balaban J connectivity index is 2.12. The Kier molecular flexibility index (Phi) is 2.74. The number of halogens is 3. The summed E-state index contributed by atoms with van der Waals surface area (Å²) < 4.78 is 26.8. The van der Waals surface area contributed by atoms with E-state index in [0.717, 1.165) is 31.0 Å². The van der Waals surface area contributed by atoms with Crippen molar-refractivity contribution in [2.75, 3.05) is 0 Å². The van der Waals surface area contributed by atoms with Gasteiger partial charge in [-0.15, -0.1) is 0 Å². The van der Waals surface area contributed by atoms with E-state index in [9.17, 15) is 8.78 Å². The van der Waals surface area contributed by atoms with Gasteiger partial charge in [-0.3, -0.25) is 0 Å². The van der Waals surface area contributed by atoms with Gasteiger partial charge in [0.25, 0.3) is 0 Å². The number of benzene rings is 1. The van der Waals surface area contributed by atoms with Gasteiger partial charge in [-0.25, -0.2) is 18.7 Å². The highest BCUT2D eigenvalue weighted by atomic mass is 35.5. The minimum absolute atomic E-state index is 0.112. The molecule has 18 heavy (non-hydrogen) atoms. The maximum absolute atomic E-state index is 13.7. The van der Waals surface area contributed by atoms with Gasteiger partial charge in [0.2, 0.25) is 0 Å². The van der Waals surface area contributed by atoms with Crippen molar-refractivity contribution in [3.05, 3.63) is 46.9 Å². The first-order valence-electron chi connectivity index (χ1n) is 5.63. The predicted molar refractivity (Wildman–Crippen MR) is 64.4 cm³/mol. The third-order valence-corrected chi connectivity index (χ3v) is 3.05. The summed E-state index contributed by atoms with van der Waals surface area (Å²) in [6.45, 7) is 0. The van der Waals surface area contributed by atoms with E-state index in [1.54, 1.807) is 0 Å². The summed E-state index contributed by atoms with van der Waals surface area (Å²) in [5.41, 5.74) is 0.440. The Morgan fingerprint density at radius 2 is 1.89 bits per heavy atom. The number of hydrogen-bond acceptors (Lipinski definition) is 2. The zero-order chi connectivity index (χ0) is 12.7. The Labute approximate surface area is 108 Å².